The van der Waals surface area contributed by atoms with E-state index in [1.54, 1.807) is 6.92 Å². The van der Waals surface area contributed by atoms with Gasteiger partial charge in [-0.1, -0.05) is 20.8 Å². The summed E-state index contributed by atoms with van der Waals surface area (Å²) in [4.78, 5) is 11.1. The standard InChI is InChI=1S/C12H22O/c1-8-5-9(2)12(7-11(4)13)10(3)6-8/h8-10,12H,5-7H2,1-4H3/t8?,9-,10?,12-/m1/s1. The fourth-order valence-corrected chi connectivity index (χ4v) is 3.01. The summed E-state index contributed by atoms with van der Waals surface area (Å²) in [5, 5.41) is 0. The summed E-state index contributed by atoms with van der Waals surface area (Å²) in [5.74, 6) is 3.34. The van der Waals surface area contributed by atoms with E-state index in [0.717, 1.165) is 24.2 Å². The van der Waals surface area contributed by atoms with E-state index in [4.69, 9.17) is 0 Å². The van der Waals surface area contributed by atoms with Gasteiger partial charge in [-0.3, -0.25) is 0 Å². The van der Waals surface area contributed by atoms with Crippen LogP contribution in [0.2, 0.25) is 0 Å². The first-order valence-electron chi connectivity index (χ1n) is 5.50. The third kappa shape index (κ3) is 2.82. The molecule has 0 aliphatic heterocycles. The Morgan fingerprint density at radius 2 is 1.62 bits per heavy atom. The Hall–Kier alpha value is -0.330. The third-order valence-electron chi connectivity index (χ3n) is 3.53. The van der Waals surface area contributed by atoms with Gasteiger partial charge in [-0.15, -0.1) is 0 Å². The largest absolute Gasteiger partial charge is 0.300 e. The summed E-state index contributed by atoms with van der Waals surface area (Å²) in [7, 11) is 0. The zero-order chi connectivity index (χ0) is 10.0. The van der Waals surface area contributed by atoms with Crippen molar-refractivity contribution < 1.29 is 4.79 Å². The van der Waals surface area contributed by atoms with Gasteiger partial charge in [-0.2, -0.15) is 0 Å². The van der Waals surface area contributed by atoms with Crippen LogP contribution in [0.3, 0.4) is 0 Å². The minimum absolute atomic E-state index is 0.359. The predicted octanol–water partition coefficient (Wildman–Crippen LogP) is 3.28. The van der Waals surface area contributed by atoms with Gasteiger partial charge in [-0.25, -0.2) is 0 Å². The van der Waals surface area contributed by atoms with Crippen molar-refractivity contribution in [2.45, 2.75) is 47.0 Å². The smallest absolute Gasteiger partial charge is 0.130 e. The topological polar surface area (TPSA) is 17.1 Å². The maximum atomic E-state index is 11.1. The summed E-state index contributed by atoms with van der Waals surface area (Å²) < 4.78 is 0. The molecule has 0 aromatic heterocycles. The Bertz CT molecular complexity index is 174. The Balaban J connectivity index is 2.56. The molecule has 13 heavy (non-hydrogen) atoms. The lowest BCUT2D eigenvalue weighted by Gasteiger charge is -2.37. The highest BCUT2D eigenvalue weighted by atomic mass is 16.1. The molecule has 0 amide bonds. The molecule has 1 rings (SSSR count). The first-order valence-corrected chi connectivity index (χ1v) is 5.50. The van der Waals surface area contributed by atoms with Gasteiger partial charge in [0.25, 0.3) is 0 Å². The summed E-state index contributed by atoms with van der Waals surface area (Å²) in [6.45, 7) is 8.66. The summed E-state index contributed by atoms with van der Waals surface area (Å²) >= 11 is 0. The molecule has 1 nitrogen and oxygen atoms in total. The van der Waals surface area contributed by atoms with Crippen molar-refractivity contribution in [1.29, 1.82) is 0 Å². The van der Waals surface area contributed by atoms with E-state index in [2.05, 4.69) is 20.8 Å². The molecular weight excluding hydrogens is 160 g/mol. The van der Waals surface area contributed by atoms with Crippen molar-refractivity contribution in [3.05, 3.63) is 0 Å². The van der Waals surface area contributed by atoms with E-state index in [0.29, 0.717) is 11.7 Å². The number of hydrogen-bond donors (Lipinski definition) is 0. The number of hydrogen-bond acceptors (Lipinski definition) is 1. The van der Waals surface area contributed by atoms with Gasteiger partial charge in [0.1, 0.15) is 5.78 Å². The summed E-state index contributed by atoms with van der Waals surface area (Å²) in [6.07, 6.45) is 3.42. The molecular formula is C12H22O. The molecule has 0 radical (unpaired) electrons. The van der Waals surface area contributed by atoms with Crippen LogP contribution in [0.15, 0.2) is 0 Å². The van der Waals surface area contributed by atoms with Gasteiger partial charge in [0.2, 0.25) is 0 Å². The van der Waals surface area contributed by atoms with E-state index in [9.17, 15) is 4.79 Å². The molecule has 2 unspecified atom stereocenters. The molecule has 1 fully saturated rings. The van der Waals surface area contributed by atoms with Gasteiger partial charge in [0.05, 0.1) is 0 Å². The lowest BCUT2D eigenvalue weighted by molar-refractivity contribution is -0.119. The van der Waals surface area contributed by atoms with Crippen LogP contribution >= 0.6 is 0 Å². The molecule has 1 aliphatic rings. The average molecular weight is 182 g/mol. The highest BCUT2D eigenvalue weighted by Gasteiger charge is 2.31. The Morgan fingerprint density at radius 3 is 2.00 bits per heavy atom. The normalized spacial score (nSPS) is 40.3. The van der Waals surface area contributed by atoms with E-state index in [1.807, 2.05) is 0 Å². The zero-order valence-electron chi connectivity index (χ0n) is 9.34. The number of carbonyl (C=O) groups is 1. The van der Waals surface area contributed by atoms with Crippen molar-refractivity contribution >= 4 is 5.78 Å². The van der Waals surface area contributed by atoms with Gasteiger partial charge in [-0.05, 0) is 43.4 Å². The van der Waals surface area contributed by atoms with Gasteiger partial charge >= 0.3 is 0 Å². The molecule has 0 aromatic carbocycles. The van der Waals surface area contributed by atoms with Crippen LogP contribution in [-0.4, -0.2) is 5.78 Å². The molecule has 0 saturated heterocycles. The number of rotatable bonds is 2. The lowest BCUT2D eigenvalue weighted by Crippen LogP contribution is -2.30. The molecule has 0 N–H and O–H groups in total. The van der Waals surface area contributed by atoms with Crippen molar-refractivity contribution in [2.24, 2.45) is 23.7 Å². The van der Waals surface area contributed by atoms with Crippen molar-refractivity contribution in [3.63, 3.8) is 0 Å². The highest BCUT2D eigenvalue weighted by molar-refractivity contribution is 5.75. The molecule has 1 saturated carbocycles. The fraction of sp³-hybridized carbons (Fsp3) is 0.917. The molecule has 1 aliphatic carbocycles. The van der Waals surface area contributed by atoms with E-state index < -0.39 is 0 Å². The fourth-order valence-electron chi connectivity index (χ4n) is 3.01. The second kappa shape index (κ2) is 4.26. The molecule has 76 valence electrons. The molecule has 0 spiro atoms. The average Bonchev–Trinajstić information content (AvgIpc) is 1.96. The van der Waals surface area contributed by atoms with Crippen LogP contribution in [-0.2, 0) is 4.79 Å². The number of carbonyl (C=O) groups excluding carboxylic acids is 1. The van der Waals surface area contributed by atoms with Crippen LogP contribution in [0.5, 0.6) is 0 Å². The maximum absolute atomic E-state index is 11.1. The monoisotopic (exact) mass is 182 g/mol. The van der Waals surface area contributed by atoms with E-state index in [-0.39, 0.29) is 0 Å². The van der Waals surface area contributed by atoms with Crippen LogP contribution < -0.4 is 0 Å². The molecule has 0 aromatic rings. The van der Waals surface area contributed by atoms with Crippen molar-refractivity contribution in [2.75, 3.05) is 0 Å². The molecule has 0 bridgehead atoms. The van der Waals surface area contributed by atoms with Gasteiger partial charge in [0.15, 0.2) is 0 Å². The first-order chi connectivity index (χ1) is 6.00. The second-order valence-electron chi connectivity index (χ2n) is 5.10. The minimum atomic E-state index is 0.359. The number of ketones is 1. The van der Waals surface area contributed by atoms with Crippen LogP contribution in [0, 0.1) is 23.7 Å². The maximum Gasteiger partial charge on any atom is 0.130 e. The Labute approximate surface area is 81.9 Å². The lowest BCUT2D eigenvalue weighted by atomic mass is 9.68. The van der Waals surface area contributed by atoms with Crippen LogP contribution in [0.25, 0.3) is 0 Å². The quantitative estimate of drug-likeness (QED) is 0.640. The second-order valence-corrected chi connectivity index (χ2v) is 5.10. The summed E-state index contributed by atoms with van der Waals surface area (Å²) in [5.41, 5.74) is 0. The molecule has 0 heterocycles. The summed E-state index contributed by atoms with van der Waals surface area (Å²) in [6, 6.07) is 0. The Kier molecular flexibility index (Phi) is 3.52. The van der Waals surface area contributed by atoms with Crippen molar-refractivity contribution in [1.82, 2.24) is 0 Å². The van der Waals surface area contributed by atoms with Crippen molar-refractivity contribution in [3.8, 4) is 0 Å². The SMILES string of the molecule is CC(=O)C[C@H]1C(C)CC(C)C[C@H]1C. The molecule has 1 heteroatoms. The van der Waals surface area contributed by atoms with Gasteiger partial charge in [0, 0.05) is 6.42 Å². The highest BCUT2D eigenvalue weighted by Crippen LogP contribution is 2.39. The van der Waals surface area contributed by atoms with Crippen LogP contribution in [0.4, 0.5) is 0 Å². The van der Waals surface area contributed by atoms with E-state index in [1.165, 1.54) is 12.8 Å². The van der Waals surface area contributed by atoms with E-state index >= 15 is 0 Å². The minimum Gasteiger partial charge on any atom is -0.300 e. The number of Topliss-reactive ketones (excluding diaryl/α,β-unsaturated/α-hetero) is 1. The third-order valence-corrected chi connectivity index (χ3v) is 3.53. The van der Waals surface area contributed by atoms with Crippen LogP contribution in [0.1, 0.15) is 47.0 Å². The predicted molar refractivity (Wildman–Crippen MR) is 55.5 cm³/mol. The van der Waals surface area contributed by atoms with Gasteiger partial charge < -0.3 is 4.79 Å². The molecule has 4 atom stereocenters. The zero-order valence-corrected chi connectivity index (χ0v) is 9.34. The first kappa shape index (κ1) is 10.7. The Morgan fingerprint density at radius 1 is 1.15 bits per heavy atom.